The number of aliphatic imine (C=N–C) groups is 1. The molecule has 1 unspecified atom stereocenters. The maximum absolute atomic E-state index is 12.8. The highest BCUT2D eigenvalue weighted by Gasteiger charge is 2.34. The Morgan fingerprint density at radius 3 is 2.48 bits per heavy atom. The van der Waals surface area contributed by atoms with Crippen LogP contribution in [0.15, 0.2) is 47.2 Å². The molecule has 0 saturated carbocycles. The third-order valence-corrected chi connectivity index (χ3v) is 3.94. The highest BCUT2D eigenvalue weighted by Crippen LogP contribution is 2.29. The minimum atomic E-state index is -4.47. The van der Waals surface area contributed by atoms with Gasteiger partial charge >= 0.3 is 6.18 Å². The van der Waals surface area contributed by atoms with Gasteiger partial charge in [-0.15, -0.1) is 0 Å². The molecule has 25 heavy (non-hydrogen) atoms. The Bertz CT molecular complexity index is 835. The Morgan fingerprint density at radius 2 is 1.92 bits per heavy atom. The quantitative estimate of drug-likeness (QED) is 0.787. The topological polar surface area (TPSA) is 94.2 Å². The van der Waals surface area contributed by atoms with Crippen molar-refractivity contribution in [3.05, 3.63) is 59.2 Å². The molecule has 0 amide bonds. The standard InChI is InChI=1S/C16H17F3N6/c1-10-6-14(16(17,18)19)24-25(10)12-4-2-11(3-5-12)7-15(21)13(20)8-22-9-23-15/h2-6,8-9H,7,20-21H2,1H3,(H,22,23). The molecule has 0 saturated heterocycles. The van der Waals surface area contributed by atoms with Gasteiger partial charge in [-0.2, -0.15) is 18.3 Å². The predicted molar refractivity (Wildman–Crippen MR) is 87.8 cm³/mol. The van der Waals surface area contributed by atoms with Crippen LogP contribution >= 0.6 is 0 Å². The van der Waals surface area contributed by atoms with Crippen molar-refractivity contribution < 1.29 is 13.2 Å². The van der Waals surface area contributed by atoms with Crippen molar-refractivity contribution in [2.75, 3.05) is 0 Å². The van der Waals surface area contributed by atoms with Crippen LogP contribution < -0.4 is 16.8 Å². The molecule has 1 atom stereocenters. The van der Waals surface area contributed by atoms with Crippen molar-refractivity contribution in [3.8, 4) is 5.69 Å². The van der Waals surface area contributed by atoms with Crippen molar-refractivity contribution in [1.29, 1.82) is 0 Å². The smallest absolute Gasteiger partial charge is 0.398 e. The number of nitrogens with zero attached hydrogens (tertiary/aromatic N) is 3. The zero-order valence-electron chi connectivity index (χ0n) is 13.4. The van der Waals surface area contributed by atoms with Crippen molar-refractivity contribution in [2.45, 2.75) is 25.2 Å². The van der Waals surface area contributed by atoms with E-state index in [4.69, 9.17) is 11.5 Å². The van der Waals surface area contributed by atoms with Gasteiger partial charge in [0, 0.05) is 18.3 Å². The van der Waals surface area contributed by atoms with Crippen molar-refractivity contribution in [2.24, 2.45) is 16.5 Å². The lowest BCUT2D eigenvalue weighted by molar-refractivity contribution is -0.141. The summed E-state index contributed by atoms with van der Waals surface area (Å²) in [6, 6.07) is 7.91. The molecule has 5 N–H and O–H groups in total. The summed E-state index contributed by atoms with van der Waals surface area (Å²) < 4.78 is 39.6. The largest absolute Gasteiger partial charge is 0.435 e. The second kappa shape index (κ2) is 5.92. The Balaban J connectivity index is 1.84. The highest BCUT2D eigenvalue weighted by atomic mass is 19.4. The van der Waals surface area contributed by atoms with Crippen LogP contribution in [0.1, 0.15) is 17.0 Å². The summed E-state index contributed by atoms with van der Waals surface area (Å²) in [5, 5.41) is 6.39. The third kappa shape index (κ3) is 3.36. The number of aromatic nitrogens is 2. The van der Waals surface area contributed by atoms with E-state index in [-0.39, 0.29) is 0 Å². The number of aryl methyl sites for hydroxylation is 1. The number of nitrogens with one attached hydrogen (secondary N) is 1. The van der Waals surface area contributed by atoms with Crippen LogP contribution in [-0.4, -0.2) is 21.8 Å². The van der Waals surface area contributed by atoms with Gasteiger partial charge in [0.25, 0.3) is 0 Å². The van der Waals surface area contributed by atoms with Crippen LogP contribution in [0.3, 0.4) is 0 Å². The lowest BCUT2D eigenvalue weighted by atomic mass is 9.97. The van der Waals surface area contributed by atoms with E-state index in [9.17, 15) is 13.2 Å². The van der Waals surface area contributed by atoms with Gasteiger partial charge < -0.3 is 16.8 Å². The van der Waals surface area contributed by atoms with Crippen LogP contribution in [0.4, 0.5) is 13.2 Å². The third-order valence-electron chi connectivity index (χ3n) is 3.94. The lowest BCUT2D eigenvalue weighted by Crippen LogP contribution is -2.48. The normalized spacial score (nSPS) is 20.3. The van der Waals surface area contributed by atoms with E-state index in [0.717, 1.165) is 11.6 Å². The minimum absolute atomic E-state index is 0.361. The zero-order chi connectivity index (χ0) is 18.2. The van der Waals surface area contributed by atoms with E-state index in [0.29, 0.717) is 23.5 Å². The molecule has 6 nitrogen and oxygen atoms in total. The molecule has 0 aliphatic carbocycles. The summed E-state index contributed by atoms with van der Waals surface area (Å²) in [5.74, 6) is 0. The maximum atomic E-state index is 12.8. The summed E-state index contributed by atoms with van der Waals surface area (Å²) in [7, 11) is 0. The first-order valence-corrected chi connectivity index (χ1v) is 7.47. The van der Waals surface area contributed by atoms with Crippen molar-refractivity contribution in [3.63, 3.8) is 0 Å². The maximum Gasteiger partial charge on any atom is 0.435 e. The van der Waals surface area contributed by atoms with Gasteiger partial charge in [-0.1, -0.05) is 12.1 Å². The van der Waals surface area contributed by atoms with Crippen LogP contribution in [0.5, 0.6) is 0 Å². The van der Waals surface area contributed by atoms with E-state index in [1.54, 1.807) is 37.4 Å². The minimum Gasteiger partial charge on any atom is -0.398 e. The van der Waals surface area contributed by atoms with Gasteiger partial charge in [-0.3, -0.25) is 0 Å². The summed E-state index contributed by atoms with van der Waals surface area (Å²) in [6.07, 6.45) is -1.07. The van der Waals surface area contributed by atoms with E-state index >= 15 is 0 Å². The summed E-state index contributed by atoms with van der Waals surface area (Å²) >= 11 is 0. The molecule has 0 spiro atoms. The number of benzene rings is 1. The molecule has 0 bridgehead atoms. The van der Waals surface area contributed by atoms with Crippen LogP contribution in [0.2, 0.25) is 0 Å². The fourth-order valence-corrected chi connectivity index (χ4v) is 2.57. The number of nitrogens with two attached hydrogens (primary N) is 2. The van der Waals surface area contributed by atoms with E-state index < -0.39 is 17.5 Å². The van der Waals surface area contributed by atoms with Gasteiger partial charge in [0.2, 0.25) is 0 Å². The first-order chi connectivity index (χ1) is 11.7. The van der Waals surface area contributed by atoms with E-state index in [1.165, 1.54) is 11.0 Å². The number of hydrogen-bond acceptors (Lipinski definition) is 5. The molecule has 2 heterocycles. The zero-order valence-corrected chi connectivity index (χ0v) is 13.4. The lowest BCUT2D eigenvalue weighted by Gasteiger charge is -2.28. The predicted octanol–water partition coefficient (Wildman–Crippen LogP) is 1.83. The van der Waals surface area contributed by atoms with Gasteiger partial charge in [-0.25, -0.2) is 9.67 Å². The second-order valence-electron chi connectivity index (χ2n) is 5.87. The van der Waals surface area contributed by atoms with E-state index in [1.807, 2.05) is 0 Å². The fraction of sp³-hybridized carbons (Fsp3) is 0.250. The van der Waals surface area contributed by atoms with Gasteiger partial charge in [0.05, 0.1) is 17.7 Å². The average molecular weight is 350 g/mol. The first kappa shape index (κ1) is 17.0. The molecule has 2 aromatic rings. The molecule has 0 fully saturated rings. The molecular weight excluding hydrogens is 333 g/mol. The monoisotopic (exact) mass is 350 g/mol. The average Bonchev–Trinajstić information content (AvgIpc) is 2.93. The molecule has 1 aliphatic rings. The van der Waals surface area contributed by atoms with Crippen molar-refractivity contribution >= 4 is 6.34 Å². The number of alkyl halides is 3. The Morgan fingerprint density at radius 1 is 1.24 bits per heavy atom. The number of halogens is 3. The summed E-state index contributed by atoms with van der Waals surface area (Å²) in [5.41, 5.74) is 12.3. The molecular formula is C16H17F3N6. The van der Waals surface area contributed by atoms with Crippen LogP contribution in [0.25, 0.3) is 5.69 Å². The molecule has 9 heteroatoms. The molecule has 1 aliphatic heterocycles. The number of hydrogen-bond donors (Lipinski definition) is 3. The summed E-state index contributed by atoms with van der Waals surface area (Å²) in [4.78, 5) is 4.17. The molecule has 0 radical (unpaired) electrons. The first-order valence-electron chi connectivity index (χ1n) is 7.47. The van der Waals surface area contributed by atoms with Gasteiger partial charge in [-0.05, 0) is 30.7 Å². The Kier molecular flexibility index (Phi) is 4.03. The van der Waals surface area contributed by atoms with Crippen LogP contribution in [-0.2, 0) is 12.6 Å². The number of rotatable bonds is 3. The second-order valence-corrected chi connectivity index (χ2v) is 5.87. The Hall–Kier alpha value is -2.81. The molecule has 1 aromatic heterocycles. The highest BCUT2D eigenvalue weighted by molar-refractivity contribution is 5.60. The van der Waals surface area contributed by atoms with Gasteiger partial charge in [0.15, 0.2) is 11.4 Å². The molecule has 3 rings (SSSR count). The SMILES string of the molecule is Cc1cc(C(F)(F)F)nn1-c1ccc(CC2(N)N=CNC=C2N)cc1. The fourth-order valence-electron chi connectivity index (χ4n) is 2.57. The molecule has 1 aromatic carbocycles. The summed E-state index contributed by atoms with van der Waals surface area (Å²) in [6.45, 7) is 1.57. The van der Waals surface area contributed by atoms with Gasteiger partial charge in [0.1, 0.15) is 0 Å². The van der Waals surface area contributed by atoms with Crippen LogP contribution in [0, 0.1) is 6.92 Å². The molecule has 132 valence electrons. The van der Waals surface area contributed by atoms with E-state index in [2.05, 4.69) is 15.4 Å². The van der Waals surface area contributed by atoms with Crippen molar-refractivity contribution in [1.82, 2.24) is 15.1 Å². The Labute approximate surface area is 142 Å².